The van der Waals surface area contributed by atoms with Gasteiger partial charge in [-0.25, -0.2) is 19.2 Å². The number of likely N-dealkylation sites (N-methyl/N-ethyl adjacent to an activating group) is 4. The number of nitriles is 4. The van der Waals surface area contributed by atoms with Crippen LogP contribution in [0.1, 0.15) is 62.8 Å². The van der Waals surface area contributed by atoms with Crippen LogP contribution in [0.25, 0.3) is 24.3 Å². The number of hydrogen-bond acceptors (Lipinski definition) is 24. The molecule has 0 heterocycles. The molecule has 0 spiro atoms. The van der Waals surface area contributed by atoms with Gasteiger partial charge in [-0.1, -0.05) is 48.5 Å². The molecule has 4 unspecified atom stereocenters. The molecule has 24 heteroatoms. The van der Waals surface area contributed by atoms with E-state index < -0.39 is 71.4 Å². The summed E-state index contributed by atoms with van der Waals surface area (Å²) in [6.07, 6.45) is 4.84. The van der Waals surface area contributed by atoms with Crippen molar-refractivity contribution in [1.82, 2.24) is 0 Å². The molecule has 94 heavy (non-hydrogen) atoms. The van der Waals surface area contributed by atoms with Gasteiger partial charge in [-0.2, -0.15) is 21.0 Å². The van der Waals surface area contributed by atoms with E-state index >= 15 is 0 Å². The molecular formula is C70H76N8O16. The zero-order chi connectivity index (χ0) is 68.7. The van der Waals surface area contributed by atoms with Crippen LogP contribution in [0.15, 0.2) is 119 Å². The SMILES string of the molecule is CCOC(=O)/C(C#N)=C/c1ccc(N(C)CCOC(=O)C2CC(C(=O)OCCN(C)c3ccc(/C=C(\C#N)C(=O)OCC)cc3)C(C(=O)OCCN(C)c3ccc(/C=C(\C#N)C(=O)OCC)cc3)CC2C(=O)OCCN(C)c2ccc(/C=C(\C#N)C(=O)OCC)cc2)cc1. The van der Waals surface area contributed by atoms with E-state index in [1.165, 1.54) is 24.3 Å². The van der Waals surface area contributed by atoms with Gasteiger partial charge in [0.1, 0.15) is 73.0 Å². The number of ether oxygens (including phenoxy) is 8. The highest BCUT2D eigenvalue weighted by Crippen LogP contribution is 2.41. The van der Waals surface area contributed by atoms with Gasteiger partial charge in [0.25, 0.3) is 0 Å². The summed E-state index contributed by atoms with van der Waals surface area (Å²) in [6, 6.07) is 34.9. The number of rotatable bonds is 32. The molecule has 0 amide bonds. The number of benzene rings is 4. The number of esters is 8. The zero-order valence-electron chi connectivity index (χ0n) is 53.9. The predicted octanol–water partition coefficient (Wildman–Crippen LogP) is 7.84. The van der Waals surface area contributed by atoms with Gasteiger partial charge < -0.3 is 57.5 Å². The van der Waals surface area contributed by atoms with Crippen LogP contribution < -0.4 is 19.6 Å². The van der Waals surface area contributed by atoms with Gasteiger partial charge in [0.05, 0.1) is 76.3 Å². The number of hydrogen-bond donors (Lipinski definition) is 0. The van der Waals surface area contributed by atoms with Crippen molar-refractivity contribution < 1.29 is 76.3 Å². The fraction of sp³-hybridized carbons (Fsp3) is 0.371. The Balaban J connectivity index is 1.39. The minimum absolute atomic E-state index is 0.100. The van der Waals surface area contributed by atoms with Crippen LogP contribution in [0.2, 0.25) is 0 Å². The topological polar surface area (TPSA) is 319 Å². The van der Waals surface area contributed by atoms with Gasteiger partial charge in [-0.15, -0.1) is 0 Å². The van der Waals surface area contributed by atoms with Gasteiger partial charge in [-0.05, 0) is 136 Å². The Morgan fingerprint density at radius 2 is 0.521 bits per heavy atom. The molecule has 0 saturated heterocycles. The monoisotopic (exact) mass is 1280 g/mol. The van der Waals surface area contributed by atoms with Crippen molar-refractivity contribution >= 4 is 94.8 Å². The Morgan fingerprint density at radius 3 is 0.681 bits per heavy atom. The molecule has 0 aliphatic heterocycles. The number of nitrogens with zero attached hydrogens (tertiary/aromatic N) is 8. The third-order valence-corrected chi connectivity index (χ3v) is 14.9. The van der Waals surface area contributed by atoms with Gasteiger partial charge in [0, 0.05) is 50.9 Å². The Bertz CT molecular complexity index is 3140. The molecular weight excluding hydrogens is 1210 g/mol. The average Bonchev–Trinajstić information content (AvgIpc) is 0.791. The number of anilines is 4. The van der Waals surface area contributed by atoms with E-state index in [1.54, 1.807) is 173 Å². The minimum atomic E-state index is -1.32. The van der Waals surface area contributed by atoms with Gasteiger partial charge >= 0.3 is 47.8 Å². The van der Waals surface area contributed by atoms with E-state index in [9.17, 15) is 59.4 Å². The van der Waals surface area contributed by atoms with E-state index in [-0.39, 0.29) is 114 Å². The second-order valence-corrected chi connectivity index (χ2v) is 21.2. The fourth-order valence-electron chi connectivity index (χ4n) is 9.67. The largest absolute Gasteiger partial charge is 0.464 e. The van der Waals surface area contributed by atoms with Gasteiger partial charge in [0.2, 0.25) is 0 Å². The van der Waals surface area contributed by atoms with E-state index in [4.69, 9.17) is 37.9 Å². The first-order chi connectivity index (χ1) is 45.2. The van der Waals surface area contributed by atoms with Crippen LogP contribution in [-0.2, 0) is 76.3 Å². The molecule has 1 fully saturated rings. The average molecular weight is 1290 g/mol. The quantitative estimate of drug-likeness (QED) is 0.0194. The van der Waals surface area contributed by atoms with Crippen molar-refractivity contribution in [3.8, 4) is 24.3 Å². The van der Waals surface area contributed by atoms with E-state index in [1.807, 2.05) is 24.3 Å². The highest BCUT2D eigenvalue weighted by molar-refractivity contribution is 6.00. The Morgan fingerprint density at radius 1 is 0.340 bits per heavy atom. The lowest BCUT2D eigenvalue weighted by atomic mass is 9.68. The summed E-state index contributed by atoms with van der Waals surface area (Å²) in [5.74, 6) is -11.7. The highest BCUT2D eigenvalue weighted by atomic mass is 16.6. The van der Waals surface area contributed by atoms with E-state index in [0.29, 0.717) is 45.0 Å². The summed E-state index contributed by atoms with van der Waals surface area (Å²) < 4.78 is 43.4. The summed E-state index contributed by atoms with van der Waals surface area (Å²) in [5, 5.41) is 38.1. The van der Waals surface area contributed by atoms with Crippen LogP contribution >= 0.6 is 0 Å². The van der Waals surface area contributed by atoms with Crippen molar-refractivity contribution in [2.75, 3.05) is 127 Å². The second-order valence-electron chi connectivity index (χ2n) is 21.2. The molecule has 5 rings (SSSR count). The minimum Gasteiger partial charge on any atom is -0.464 e. The third-order valence-electron chi connectivity index (χ3n) is 14.9. The first-order valence-corrected chi connectivity index (χ1v) is 30.3. The zero-order valence-corrected chi connectivity index (χ0v) is 53.9. The molecule has 4 atom stereocenters. The molecule has 492 valence electrons. The van der Waals surface area contributed by atoms with Crippen LogP contribution in [0.5, 0.6) is 0 Å². The molecule has 4 aromatic rings. The molecule has 1 aliphatic rings. The fourth-order valence-corrected chi connectivity index (χ4v) is 9.67. The Kier molecular flexibility index (Phi) is 29.6. The second kappa shape index (κ2) is 37.8. The molecule has 0 bridgehead atoms. The van der Waals surface area contributed by atoms with Crippen molar-refractivity contribution in [2.45, 2.75) is 40.5 Å². The number of carbonyl (C=O) groups excluding carboxylic acids is 8. The smallest absolute Gasteiger partial charge is 0.348 e. The van der Waals surface area contributed by atoms with E-state index in [2.05, 4.69) is 0 Å². The summed E-state index contributed by atoms with van der Waals surface area (Å²) in [4.78, 5) is 114. The summed E-state index contributed by atoms with van der Waals surface area (Å²) in [7, 11) is 6.99. The third kappa shape index (κ3) is 22.0. The van der Waals surface area contributed by atoms with Crippen molar-refractivity contribution in [3.05, 3.63) is 142 Å². The maximum absolute atomic E-state index is 14.5. The number of carbonyl (C=O) groups is 8. The molecule has 1 saturated carbocycles. The first-order valence-electron chi connectivity index (χ1n) is 30.3. The molecule has 4 aromatic carbocycles. The van der Waals surface area contributed by atoms with Crippen molar-refractivity contribution in [1.29, 1.82) is 21.0 Å². The van der Waals surface area contributed by atoms with Crippen LogP contribution in [0.3, 0.4) is 0 Å². The van der Waals surface area contributed by atoms with Crippen LogP contribution in [0, 0.1) is 69.0 Å². The lowest BCUT2D eigenvalue weighted by Crippen LogP contribution is -2.47. The molecule has 24 nitrogen and oxygen atoms in total. The Labute approximate surface area is 546 Å². The lowest BCUT2D eigenvalue weighted by Gasteiger charge is -2.37. The normalized spacial score (nSPS) is 15.4. The Hall–Kier alpha value is -11.2. The van der Waals surface area contributed by atoms with E-state index in [0.717, 1.165) is 0 Å². The van der Waals surface area contributed by atoms with Crippen LogP contribution in [0.4, 0.5) is 22.7 Å². The first kappa shape index (κ1) is 73.5. The standard InChI is InChI=1S/C70H76N8O16/c1-9-87-63(79)51(43-71)37-47-13-21-55(22-14-47)75(5)29-33-91-67(83)59-41-61(69(85)93-35-31-77(7)57-25-17-49(18-26-57)39-53(45-73)65(81)89-11-3)62(70(86)94-36-32-78(8)58-27-19-50(20-28-58)40-54(46-74)66(82)90-12-4)42-60(59)68(84)92-34-30-76(6)56-23-15-48(16-24-56)38-52(44-72)64(80)88-10-2/h13-28,37-40,59-62H,9-12,29-36,41-42H2,1-8H3/b51-37+,52-38+,53-39+,54-40+. The molecule has 0 aromatic heterocycles. The van der Waals surface area contributed by atoms with Crippen molar-refractivity contribution in [3.63, 3.8) is 0 Å². The highest BCUT2D eigenvalue weighted by Gasteiger charge is 2.51. The molecule has 0 radical (unpaired) electrons. The van der Waals surface area contributed by atoms with Crippen LogP contribution in [-0.4, -0.2) is 155 Å². The molecule has 1 aliphatic carbocycles. The summed E-state index contributed by atoms with van der Waals surface area (Å²) in [6.45, 7) is 6.79. The molecule has 0 N–H and O–H groups in total. The summed E-state index contributed by atoms with van der Waals surface area (Å²) >= 11 is 0. The maximum Gasteiger partial charge on any atom is 0.348 e. The van der Waals surface area contributed by atoms with Gasteiger partial charge in [0.15, 0.2) is 0 Å². The lowest BCUT2D eigenvalue weighted by molar-refractivity contribution is -0.175. The van der Waals surface area contributed by atoms with Crippen molar-refractivity contribution in [2.24, 2.45) is 23.7 Å². The maximum atomic E-state index is 14.5. The van der Waals surface area contributed by atoms with Gasteiger partial charge in [-0.3, -0.25) is 19.2 Å². The summed E-state index contributed by atoms with van der Waals surface area (Å²) in [5.41, 5.74) is 4.27. The predicted molar refractivity (Wildman–Crippen MR) is 347 cm³/mol.